The molecular formula is C29H42N4O3S. The van der Waals surface area contributed by atoms with Gasteiger partial charge in [-0.1, -0.05) is 49.4 Å². The lowest BCUT2D eigenvalue weighted by Crippen LogP contribution is -2.68. The van der Waals surface area contributed by atoms with E-state index in [9.17, 15) is 13.5 Å². The molecule has 4 atom stereocenters. The van der Waals surface area contributed by atoms with Gasteiger partial charge in [-0.15, -0.1) is 0 Å². The molecule has 2 aromatic carbocycles. The lowest BCUT2D eigenvalue weighted by atomic mass is 9.74. The predicted molar refractivity (Wildman–Crippen MR) is 149 cm³/mol. The molecule has 37 heavy (non-hydrogen) atoms. The van der Waals surface area contributed by atoms with Gasteiger partial charge in [-0.25, -0.2) is 13.4 Å². The molecule has 2 unspecified atom stereocenters. The predicted octanol–water partition coefficient (Wildman–Crippen LogP) is 3.47. The Hall–Kier alpha value is -1.81. The van der Waals surface area contributed by atoms with Crippen LogP contribution in [0.25, 0.3) is 11.1 Å². The Morgan fingerprint density at radius 2 is 1.81 bits per heavy atom. The number of hydrogen-bond donors (Lipinski definition) is 2. The third-order valence-corrected chi connectivity index (χ3v) is 11.0. The molecule has 7 nitrogen and oxygen atoms in total. The van der Waals surface area contributed by atoms with Gasteiger partial charge in [0.2, 0.25) is 10.0 Å². The van der Waals surface area contributed by atoms with Gasteiger partial charge in [0.05, 0.1) is 6.61 Å². The highest BCUT2D eigenvalue weighted by Crippen LogP contribution is 2.43. The summed E-state index contributed by atoms with van der Waals surface area (Å²) in [5.41, 5.74) is 9.46. The molecule has 0 saturated carbocycles. The maximum atomic E-state index is 13.8. The zero-order valence-corrected chi connectivity index (χ0v) is 23.3. The van der Waals surface area contributed by atoms with E-state index in [1.807, 2.05) is 5.01 Å². The number of nitrogens with zero attached hydrogens (tertiary/aromatic N) is 3. The van der Waals surface area contributed by atoms with E-state index in [1.54, 1.807) is 4.31 Å². The van der Waals surface area contributed by atoms with Crippen molar-refractivity contribution in [2.45, 2.75) is 69.8 Å². The van der Waals surface area contributed by atoms with Crippen LogP contribution in [0, 0.1) is 13.8 Å². The summed E-state index contributed by atoms with van der Waals surface area (Å²) < 4.78 is 29.5. The van der Waals surface area contributed by atoms with Crippen LogP contribution in [0.3, 0.4) is 0 Å². The summed E-state index contributed by atoms with van der Waals surface area (Å²) in [5, 5.41) is 11.7. The third kappa shape index (κ3) is 5.00. The van der Waals surface area contributed by atoms with Crippen molar-refractivity contribution in [2.24, 2.45) is 0 Å². The molecule has 202 valence electrons. The van der Waals surface area contributed by atoms with Gasteiger partial charge in [-0.3, -0.25) is 10.3 Å². The average Bonchev–Trinajstić information content (AvgIpc) is 3.35. The Morgan fingerprint density at radius 3 is 2.54 bits per heavy atom. The Bertz CT molecular complexity index is 1190. The standard InChI is InChI=1S/C29H42N4O3S/c1-4-16-33-28(14-15-30-33)37(35,36)31-17-5-6-18-32-26(19-31)29(27(32)20-34)24-12-10-23(11-13-24)25-9-7-8-21(2)22(25)3/h7-13,26-30,34H,4-6,14-20H2,1-3H3/t26?,27-,28?,29+/m1/s1. The van der Waals surface area contributed by atoms with Crippen LogP contribution in [0.5, 0.6) is 0 Å². The molecule has 0 spiro atoms. The summed E-state index contributed by atoms with van der Waals surface area (Å²) in [6.45, 7) is 9.87. The van der Waals surface area contributed by atoms with Gasteiger partial charge in [0, 0.05) is 44.2 Å². The summed E-state index contributed by atoms with van der Waals surface area (Å²) in [6.07, 6.45) is 3.33. The Labute approximate surface area is 222 Å². The van der Waals surface area contributed by atoms with Crippen LogP contribution < -0.4 is 5.43 Å². The van der Waals surface area contributed by atoms with Crippen LogP contribution in [0.4, 0.5) is 0 Å². The number of aliphatic hydroxyl groups is 1. The zero-order chi connectivity index (χ0) is 26.2. The Morgan fingerprint density at radius 1 is 1.05 bits per heavy atom. The van der Waals surface area contributed by atoms with E-state index < -0.39 is 15.4 Å². The molecule has 0 amide bonds. The summed E-state index contributed by atoms with van der Waals surface area (Å²) in [4.78, 5) is 2.35. The monoisotopic (exact) mass is 526 g/mol. The van der Waals surface area contributed by atoms with E-state index in [0.717, 1.165) is 32.4 Å². The maximum Gasteiger partial charge on any atom is 0.231 e. The molecule has 2 aromatic rings. The fourth-order valence-electron chi connectivity index (χ4n) is 6.62. The number of rotatable bonds is 7. The summed E-state index contributed by atoms with van der Waals surface area (Å²) in [7, 11) is -3.47. The quantitative estimate of drug-likeness (QED) is 0.576. The van der Waals surface area contributed by atoms with E-state index in [4.69, 9.17) is 0 Å². The summed E-state index contributed by atoms with van der Waals surface area (Å²) >= 11 is 0. The van der Waals surface area contributed by atoms with Gasteiger partial charge in [0.1, 0.15) is 5.37 Å². The fourth-order valence-corrected chi connectivity index (χ4v) is 8.63. The number of aliphatic hydroxyl groups excluding tert-OH is 1. The van der Waals surface area contributed by atoms with Crippen molar-refractivity contribution in [1.29, 1.82) is 0 Å². The number of fused-ring (bicyclic) bond motifs is 1. The highest BCUT2D eigenvalue weighted by atomic mass is 32.2. The van der Waals surface area contributed by atoms with Gasteiger partial charge in [-0.2, -0.15) is 4.31 Å². The van der Waals surface area contributed by atoms with Crippen molar-refractivity contribution >= 4 is 10.0 Å². The van der Waals surface area contributed by atoms with E-state index >= 15 is 0 Å². The van der Waals surface area contributed by atoms with Crippen molar-refractivity contribution in [3.05, 3.63) is 59.2 Å². The molecule has 3 fully saturated rings. The molecule has 5 rings (SSSR count). The first kappa shape index (κ1) is 26.8. The van der Waals surface area contributed by atoms with Gasteiger partial charge in [0.25, 0.3) is 0 Å². The molecule has 3 saturated heterocycles. The van der Waals surface area contributed by atoms with Gasteiger partial charge in [0.15, 0.2) is 0 Å². The maximum absolute atomic E-state index is 13.8. The van der Waals surface area contributed by atoms with E-state index in [0.29, 0.717) is 26.1 Å². The molecule has 0 bridgehead atoms. The van der Waals surface area contributed by atoms with Crippen molar-refractivity contribution in [3.8, 4) is 11.1 Å². The minimum absolute atomic E-state index is 0.0314. The van der Waals surface area contributed by atoms with Gasteiger partial charge < -0.3 is 5.11 Å². The first-order chi connectivity index (χ1) is 17.9. The second kappa shape index (κ2) is 11.1. The van der Waals surface area contributed by atoms with E-state index in [1.165, 1.54) is 27.8 Å². The van der Waals surface area contributed by atoms with Crippen LogP contribution in [0.15, 0.2) is 42.5 Å². The van der Waals surface area contributed by atoms with Crippen LogP contribution in [0.1, 0.15) is 55.2 Å². The third-order valence-electron chi connectivity index (χ3n) is 8.77. The highest BCUT2D eigenvalue weighted by molar-refractivity contribution is 7.89. The number of benzene rings is 2. The SMILES string of the molecule is CCCN1NCCC1S(=O)(=O)N1CCCCN2C(C1)[C@H](c1ccc(-c3cccc(C)c3C)cc1)[C@H]2CO. The normalized spacial score (nSPS) is 27.9. The van der Waals surface area contributed by atoms with E-state index in [-0.39, 0.29) is 24.6 Å². The summed E-state index contributed by atoms with van der Waals surface area (Å²) in [5.74, 6) is 0.113. The number of aryl methyl sites for hydroxylation is 1. The minimum Gasteiger partial charge on any atom is -0.395 e. The van der Waals surface area contributed by atoms with Crippen molar-refractivity contribution in [1.82, 2.24) is 19.6 Å². The minimum atomic E-state index is -3.47. The average molecular weight is 527 g/mol. The molecule has 2 N–H and O–H groups in total. The van der Waals surface area contributed by atoms with Crippen LogP contribution in [-0.2, 0) is 10.0 Å². The van der Waals surface area contributed by atoms with Crippen LogP contribution in [-0.4, -0.2) is 84.5 Å². The molecule has 0 aliphatic carbocycles. The topological polar surface area (TPSA) is 76.1 Å². The second-order valence-corrected chi connectivity index (χ2v) is 13.0. The molecule has 0 radical (unpaired) electrons. The van der Waals surface area contributed by atoms with Crippen molar-refractivity contribution in [3.63, 3.8) is 0 Å². The number of sulfonamides is 1. The first-order valence-corrected chi connectivity index (χ1v) is 15.4. The van der Waals surface area contributed by atoms with Crippen LogP contribution >= 0.6 is 0 Å². The first-order valence-electron chi connectivity index (χ1n) is 13.9. The molecule has 3 aliphatic heterocycles. The van der Waals surface area contributed by atoms with E-state index in [2.05, 4.69) is 73.6 Å². The Kier molecular flexibility index (Phi) is 8.05. The molecule has 0 aromatic heterocycles. The van der Waals surface area contributed by atoms with Gasteiger partial charge >= 0.3 is 0 Å². The Balaban J connectivity index is 1.40. The second-order valence-electron chi connectivity index (χ2n) is 10.9. The zero-order valence-electron chi connectivity index (χ0n) is 22.4. The van der Waals surface area contributed by atoms with Gasteiger partial charge in [-0.05, 0) is 73.9 Å². The fraction of sp³-hybridized carbons (Fsp3) is 0.586. The lowest BCUT2D eigenvalue weighted by Gasteiger charge is -2.57. The van der Waals surface area contributed by atoms with Crippen molar-refractivity contribution < 1.29 is 13.5 Å². The number of hydrogen-bond acceptors (Lipinski definition) is 6. The number of nitrogens with one attached hydrogen (secondary N) is 1. The smallest absolute Gasteiger partial charge is 0.231 e. The molecule has 3 heterocycles. The van der Waals surface area contributed by atoms with Crippen LogP contribution in [0.2, 0.25) is 0 Å². The molecular weight excluding hydrogens is 484 g/mol. The molecule has 3 aliphatic rings. The number of hydrazine groups is 1. The summed E-state index contributed by atoms with van der Waals surface area (Å²) in [6, 6.07) is 15.2. The largest absolute Gasteiger partial charge is 0.395 e. The molecule has 8 heteroatoms. The highest BCUT2D eigenvalue weighted by Gasteiger charge is 2.51. The van der Waals surface area contributed by atoms with Crippen molar-refractivity contribution in [2.75, 3.05) is 39.3 Å². The lowest BCUT2D eigenvalue weighted by molar-refractivity contribution is -0.0556.